The zero-order valence-electron chi connectivity index (χ0n) is 12.9. The molecule has 0 saturated carbocycles. The molecule has 0 amide bonds. The van der Waals surface area contributed by atoms with Crippen LogP contribution in [0.15, 0.2) is 24.3 Å². The Bertz CT molecular complexity index is 653. The van der Waals surface area contributed by atoms with E-state index in [1.54, 1.807) is 0 Å². The van der Waals surface area contributed by atoms with Gasteiger partial charge in [-0.3, -0.25) is 4.79 Å². The molecule has 106 valence electrons. The number of carbonyl (C=O) groups is 1. The highest BCUT2D eigenvalue weighted by molar-refractivity contribution is 6.00. The van der Waals surface area contributed by atoms with E-state index in [9.17, 15) is 4.79 Å². The van der Waals surface area contributed by atoms with E-state index >= 15 is 0 Å². The quantitative estimate of drug-likeness (QED) is 0.862. The summed E-state index contributed by atoms with van der Waals surface area (Å²) in [5.74, 6) is 0.129. The Morgan fingerprint density at radius 1 is 1.10 bits per heavy atom. The van der Waals surface area contributed by atoms with Crippen LogP contribution in [0.4, 0.5) is 5.69 Å². The maximum Gasteiger partial charge on any atom is 0.183 e. The van der Waals surface area contributed by atoms with E-state index in [4.69, 9.17) is 0 Å². The number of nitrogens with zero attached hydrogens (tertiary/aromatic N) is 1. The largest absolute Gasteiger partial charge is 0.378 e. The van der Waals surface area contributed by atoms with E-state index in [-0.39, 0.29) is 5.78 Å². The standard InChI is InChI=1S/C17H22N2O/c1-11-6-7-15(8-12(11)2)18-10-17(20)16-9-13(3)19(5)14(16)4/h6-9,18H,10H2,1-5H3. The summed E-state index contributed by atoms with van der Waals surface area (Å²) >= 11 is 0. The summed E-state index contributed by atoms with van der Waals surface area (Å²) in [6, 6.07) is 8.12. The third kappa shape index (κ3) is 2.77. The predicted octanol–water partition coefficient (Wildman–Crippen LogP) is 3.55. The molecule has 2 rings (SSSR count). The molecule has 2 aromatic rings. The number of ketones is 1. The second-order valence-corrected chi connectivity index (χ2v) is 5.42. The maximum absolute atomic E-state index is 12.3. The predicted molar refractivity (Wildman–Crippen MR) is 83.6 cm³/mol. The van der Waals surface area contributed by atoms with Crippen LogP contribution >= 0.6 is 0 Å². The number of aromatic nitrogens is 1. The highest BCUT2D eigenvalue weighted by atomic mass is 16.1. The Hall–Kier alpha value is -2.03. The number of anilines is 1. The molecule has 3 nitrogen and oxygen atoms in total. The fourth-order valence-corrected chi connectivity index (χ4v) is 2.27. The Balaban J connectivity index is 2.08. The molecule has 1 N–H and O–H groups in total. The summed E-state index contributed by atoms with van der Waals surface area (Å²) in [5, 5.41) is 3.21. The van der Waals surface area contributed by atoms with Crippen molar-refractivity contribution < 1.29 is 4.79 Å². The molecule has 0 radical (unpaired) electrons. The van der Waals surface area contributed by atoms with Crippen LogP contribution in [0.2, 0.25) is 0 Å². The summed E-state index contributed by atoms with van der Waals surface area (Å²) < 4.78 is 2.04. The minimum absolute atomic E-state index is 0.129. The molecule has 0 fully saturated rings. The van der Waals surface area contributed by atoms with Crippen molar-refractivity contribution in [2.75, 3.05) is 11.9 Å². The van der Waals surface area contributed by atoms with Crippen LogP contribution in [-0.4, -0.2) is 16.9 Å². The van der Waals surface area contributed by atoms with Gasteiger partial charge in [0.25, 0.3) is 0 Å². The van der Waals surface area contributed by atoms with E-state index in [0.29, 0.717) is 6.54 Å². The SMILES string of the molecule is Cc1ccc(NCC(=O)c2cc(C)n(C)c2C)cc1C. The third-order valence-electron chi connectivity index (χ3n) is 4.04. The molecule has 0 aliphatic heterocycles. The van der Waals surface area contributed by atoms with Crippen molar-refractivity contribution in [2.24, 2.45) is 7.05 Å². The van der Waals surface area contributed by atoms with Gasteiger partial charge in [-0.1, -0.05) is 6.07 Å². The first-order chi connectivity index (χ1) is 9.40. The van der Waals surface area contributed by atoms with Gasteiger partial charge in [-0.05, 0) is 57.0 Å². The maximum atomic E-state index is 12.3. The molecule has 0 spiro atoms. The van der Waals surface area contributed by atoms with Gasteiger partial charge in [0.2, 0.25) is 0 Å². The first kappa shape index (κ1) is 14.4. The van der Waals surface area contributed by atoms with Crippen molar-refractivity contribution in [2.45, 2.75) is 27.7 Å². The molecule has 3 heteroatoms. The molecule has 1 aromatic heterocycles. The second kappa shape index (κ2) is 5.53. The molecule has 20 heavy (non-hydrogen) atoms. The van der Waals surface area contributed by atoms with Crippen molar-refractivity contribution in [3.8, 4) is 0 Å². The lowest BCUT2D eigenvalue weighted by Crippen LogP contribution is -2.14. The monoisotopic (exact) mass is 270 g/mol. The lowest BCUT2D eigenvalue weighted by Gasteiger charge is -2.08. The fraction of sp³-hybridized carbons (Fsp3) is 0.353. The van der Waals surface area contributed by atoms with Gasteiger partial charge >= 0.3 is 0 Å². The number of carbonyl (C=O) groups excluding carboxylic acids is 1. The first-order valence-corrected chi connectivity index (χ1v) is 6.87. The van der Waals surface area contributed by atoms with Crippen LogP contribution in [0, 0.1) is 27.7 Å². The molecule has 0 atom stereocenters. The van der Waals surface area contributed by atoms with Crippen molar-refractivity contribution in [1.82, 2.24) is 4.57 Å². The number of benzene rings is 1. The number of rotatable bonds is 4. The van der Waals surface area contributed by atoms with E-state index in [1.165, 1.54) is 11.1 Å². The Morgan fingerprint density at radius 3 is 2.35 bits per heavy atom. The molecule has 1 aromatic carbocycles. The zero-order valence-corrected chi connectivity index (χ0v) is 12.9. The Kier molecular flexibility index (Phi) is 3.98. The first-order valence-electron chi connectivity index (χ1n) is 6.87. The van der Waals surface area contributed by atoms with Gasteiger partial charge in [-0.25, -0.2) is 0 Å². The van der Waals surface area contributed by atoms with Gasteiger partial charge in [0.1, 0.15) is 0 Å². The number of aryl methyl sites for hydroxylation is 3. The topological polar surface area (TPSA) is 34.0 Å². The van der Waals surface area contributed by atoms with Crippen molar-refractivity contribution >= 4 is 11.5 Å². The number of hydrogen-bond acceptors (Lipinski definition) is 2. The zero-order chi connectivity index (χ0) is 14.9. The van der Waals surface area contributed by atoms with Gasteiger partial charge in [0, 0.05) is 29.7 Å². The molecule has 0 aliphatic carbocycles. The Morgan fingerprint density at radius 2 is 1.80 bits per heavy atom. The minimum atomic E-state index is 0.129. The third-order valence-corrected chi connectivity index (χ3v) is 4.04. The lowest BCUT2D eigenvalue weighted by atomic mass is 10.1. The minimum Gasteiger partial charge on any atom is -0.378 e. The normalized spacial score (nSPS) is 10.7. The lowest BCUT2D eigenvalue weighted by molar-refractivity contribution is 0.101. The van der Waals surface area contributed by atoms with Crippen molar-refractivity contribution in [3.63, 3.8) is 0 Å². The van der Waals surface area contributed by atoms with Gasteiger partial charge in [-0.2, -0.15) is 0 Å². The molecular formula is C17H22N2O. The summed E-state index contributed by atoms with van der Waals surface area (Å²) in [6.07, 6.45) is 0. The molecule has 0 bridgehead atoms. The van der Waals surface area contributed by atoms with Crippen molar-refractivity contribution in [1.29, 1.82) is 0 Å². The highest BCUT2D eigenvalue weighted by Crippen LogP contribution is 2.16. The average Bonchev–Trinajstić information content (AvgIpc) is 2.67. The molecule has 0 aliphatic rings. The summed E-state index contributed by atoms with van der Waals surface area (Å²) in [6.45, 7) is 8.48. The van der Waals surface area contributed by atoms with Gasteiger partial charge in [-0.15, -0.1) is 0 Å². The van der Waals surface area contributed by atoms with E-state index < -0.39 is 0 Å². The van der Waals surface area contributed by atoms with Crippen LogP contribution < -0.4 is 5.32 Å². The Labute approximate surface area is 120 Å². The van der Waals surface area contributed by atoms with Crippen LogP contribution in [0.3, 0.4) is 0 Å². The second-order valence-electron chi connectivity index (χ2n) is 5.42. The molecule has 0 saturated heterocycles. The number of hydrogen-bond donors (Lipinski definition) is 1. The van der Waals surface area contributed by atoms with Gasteiger partial charge in [0.05, 0.1) is 6.54 Å². The molecule has 1 heterocycles. The van der Waals surface area contributed by atoms with Crippen LogP contribution in [0.25, 0.3) is 0 Å². The van der Waals surface area contributed by atoms with Crippen LogP contribution in [0.5, 0.6) is 0 Å². The van der Waals surface area contributed by atoms with Crippen LogP contribution in [0.1, 0.15) is 32.9 Å². The average molecular weight is 270 g/mol. The van der Waals surface area contributed by atoms with Crippen LogP contribution in [-0.2, 0) is 7.05 Å². The van der Waals surface area contributed by atoms with Crippen molar-refractivity contribution in [3.05, 3.63) is 52.3 Å². The molecule has 0 unspecified atom stereocenters. The van der Waals surface area contributed by atoms with E-state index in [0.717, 1.165) is 22.6 Å². The number of nitrogens with one attached hydrogen (secondary N) is 1. The highest BCUT2D eigenvalue weighted by Gasteiger charge is 2.13. The van der Waals surface area contributed by atoms with Gasteiger partial charge in [0.15, 0.2) is 5.78 Å². The summed E-state index contributed by atoms with van der Waals surface area (Å²) in [5.41, 5.74) is 6.42. The summed E-state index contributed by atoms with van der Waals surface area (Å²) in [7, 11) is 1.98. The van der Waals surface area contributed by atoms with E-state index in [2.05, 4.69) is 31.3 Å². The fourth-order valence-electron chi connectivity index (χ4n) is 2.27. The van der Waals surface area contributed by atoms with Gasteiger partial charge < -0.3 is 9.88 Å². The number of Topliss-reactive ketones (excluding diaryl/α,β-unsaturated/α-hetero) is 1. The smallest absolute Gasteiger partial charge is 0.183 e. The van der Waals surface area contributed by atoms with E-state index in [1.807, 2.05) is 37.6 Å². The molecular weight excluding hydrogens is 248 g/mol. The summed E-state index contributed by atoms with van der Waals surface area (Å²) in [4.78, 5) is 12.3.